The van der Waals surface area contributed by atoms with Crippen molar-refractivity contribution in [2.45, 2.75) is 82.9 Å². The van der Waals surface area contributed by atoms with Gasteiger partial charge in [-0.1, -0.05) is 0 Å². The van der Waals surface area contributed by atoms with Crippen molar-refractivity contribution < 1.29 is 27.6 Å². The lowest BCUT2D eigenvalue weighted by molar-refractivity contribution is 0.00578. The number of ether oxygens (including phenoxy) is 1. The first-order valence-electron chi connectivity index (χ1n) is 8.85. The van der Waals surface area contributed by atoms with E-state index < -0.39 is 47.2 Å². The number of fused-ring (bicyclic) bond motifs is 1. The minimum Gasteiger partial charge on any atom is -0.444 e. The fourth-order valence-electron chi connectivity index (χ4n) is 3.82. The summed E-state index contributed by atoms with van der Waals surface area (Å²) < 4.78 is 46.7. The Labute approximate surface area is 148 Å². The molecule has 8 heteroatoms. The highest BCUT2D eigenvalue weighted by molar-refractivity contribution is 6.52. The largest absolute Gasteiger partial charge is 0.473 e. The number of hydrogen-bond donors (Lipinski definition) is 0. The lowest BCUT2D eigenvalue weighted by atomic mass is 9.64. The van der Waals surface area contributed by atoms with E-state index in [4.69, 9.17) is 14.0 Å². The Bertz CT molecular complexity index is 574. The monoisotopic (exact) mass is 359 g/mol. The highest BCUT2D eigenvalue weighted by atomic mass is 19.3. The summed E-state index contributed by atoms with van der Waals surface area (Å²) in [5, 5.41) is -1.49. The van der Waals surface area contributed by atoms with Gasteiger partial charge in [-0.3, -0.25) is 0 Å². The Morgan fingerprint density at radius 2 is 1.68 bits per heavy atom. The van der Waals surface area contributed by atoms with E-state index in [1.54, 1.807) is 20.8 Å². The molecule has 2 saturated heterocycles. The normalized spacial score (nSPS) is 35.3. The van der Waals surface area contributed by atoms with Gasteiger partial charge in [0, 0.05) is 19.0 Å². The second-order valence-corrected chi connectivity index (χ2v) is 9.49. The van der Waals surface area contributed by atoms with Crippen molar-refractivity contribution >= 4 is 13.2 Å². The third-order valence-electron chi connectivity index (χ3n) is 6.06. The quantitative estimate of drug-likeness (QED) is 0.670. The molecule has 5 nitrogen and oxygen atoms in total. The molecule has 3 aliphatic rings. The molecule has 0 aromatic rings. The maximum Gasteiger partial charge on any atom is 0.473 e. The SMILES string of the molecule is CC(C)(C)OC(=O)N1CCC2C(F)(F)C2(B2OC(C)(C)C(C)(C)O2)C1. The second kappa shape index (κ2) is 5.09. The van der Waals surface area contributed by atoms with Crippen molar-refractivity contribution in [2.75, 3.05) is 13.1 Å². The molecule has 0 aromatic heterocycles. The van der Waals surface area contributed by atoms with Crippen LogP contribution in [-0.4, -0.2) is 53.9 Å². The maximum absolute atomic E-state index is 14.7. The van der Waals surface area contributed by atoms with Gasteiger partial charge in [0.05, 0.1) is 16.5 Å². The topological polar surface area (TPSA) is 48.0 Å². The van der Waals surface area contributed by atoms with E-state index in [2.05, 4.69) is 0 Å². The van der Waals surface area contributed by atoms with E-state index >= 15 is 0 Å². The van der Waals surface area contributed by atoms with Crippen molar-refractivity contribution in [2.24, 2.45) is 5.92 Å². The molecule has 142 valence electrons. The number of carbonyl (C=O) groups is 1. The zero-order chi connectivity index (χ0) is 19.1. The Morgan fingerprint density at radius 1 is 1.16 bits per heavy atom. The molecule has 0 radical (unpaired) electrons. The predicted octanol–water partition coefficient (Wildman–Crippen LogP) is 3.72. The minimum atomic E-state index is -2.91. The molecule has 1 saturated carbocycles. The number of carbonyl (C=O) groups excluding carboxylic acids is 1. The first kappa shape index (κ1) is 18.9. The van der Waals surface area contributed by atoms with Gasteiger partial charge in [0.15, 0.2) is 0 Å². The molecule has 3 fully saturated rings. The van der Waals surface area contributed by atoms with Crippen LogP contribution in [0.3, 0.4) is 0 Å². The molecule has 1 aliphatic carbocycles. The lowest BCUT2D eigenvalue weighted by Crippen LogP contribution is -2.47. The summed E-state index contributed by atoms with van der Waals surface area (Å²) >= 11 is 0. The van der Waals surface area contributed by atoms with Gasteiger partial charge in [0.1, 0.15) is 5.60 Å². The molecular formula is C17H28BF2NO4. The fourth-order valence-corrected chi connectivity index (χ4v) is 3.82. The van der Waals surface area contributed by atoms with Crippen molar-refractivity contribution in [3.8, 4) is 0 Å². The van der Waals surface area contributed by atoms with Crippen LogP contribution in [0.25, 0.3) is 0 Å². The van der Waals surface area contributed by atoms with E-state index in [9.17, 15) is 13.6 Å². The fraction of sp³-hybridized carbons (Fsp3) is 0.941. The van der Waals surface area contributed by atoms with Crippen molar-refractivity contribution in [3.63, 3.8) is 0 Å². The third kappa shape index (κ3) is 2.67. The summed E-state index contributed by atoms with van der Waals surface area (Å²) in [5.41, 5.74) is -2.05. The molecule has 25 heavy (non-hydrogen) atoms. The molecule has 2 unspecified atom stereocenters. The summed E-state index contributed by atoms with van der Waals surface area (Å²) in [7, 11) is -1.04. The number of hydrogen-bond acceptors (Lipinski definition) is 4. The van der Waals surface area contributed by atoms with Crippen LogP contribution in [-0.2, 0) is 14.0 Å². The maximum atomic E-state index is 14.7. The molecule has 0 spiro atoms. The van der Waals surface area contributed by atoms with Gasteiger partial charge < -0.3 is 18.9 Å². The van der Waals surface area contributed by atoms with E-state index in [-0.39, 0.29) is 19.5 Å². The van der Waals surface area contributed by atoms with E-state index in [0.29, 0.717) is 0 Å². The average Bonchev–Trinajstić information content (AvgIpc) is 2.82. The summed E-state index contributed by atoms with van der Waals surface area (Å²) in [4.78, 5) is 13.7. The van der Waals surface area contributed by atoms with Crippen LogP contribution >= 0.6 is 0 Å². The predicted molar refractivity (Wildman–Crippen MR) is 89.6 cm³/mol. The Balaban J connectivity index is 1.83. The number of alkyl halides is 2. The number of rotatable bonds is 1. The molecule has 0 bridgehead atoms. The number of piperidine rings is 1. The third-order valence-corrected chi connectivity index (χ3v) is 6.06. The number of amides is 1. The van der Waals surface area contributed by atoms with Gasteiger partial charge in [-0.05, 0) is 54.9 Å². The van der Waals surface area contributed by atoms with Crippen LogP contribution in [0.15, 0.2) is 0 Å². The summed E-state index contributed by atoms with van der Waals surface area (Å²) in [6.07, 6.45) is -0.347. The van der Waals surface area contributed by atoms with Gasteiger partial charge in [0.2, 0.25) is 0 Å². The first-order chi connectivity index (χ1) is 11.1. The van der Waals surface area contributed by atoms with Crippen molar-refractivity contribution in [1.29, 1.82) is 0 Å². The zero-order valence-corrected chi connectivity index (χ0v) is 16.1. The van der Waals surface area contributed by atoms with Gasteiger partial charge in [-0.2, -0.15) is 0 Å². The van der Waals surface area contributed by atoms with E-state index in [1.807, 2.05) is 27.7 Å². The van der Waals surface area contributed by atoms with Crippen LogP contribution in [0.4, 0.5) is 13.6 Å². The standard InChI is InChI=1S/C17H28BF2NO4/c1-13(2,3)23-12(22)21-9-8-11-16(10-21,17(11,19)20)18-24-14(4,5)15(6,7)25-18/h11H,8-10H2,1-7H3. The molecule has 2 atom stereocenters. The van der Waals surface area contributed by atoms with E-state index in [0.717, 1.165) is 0 Å². The van der Waals surface area contributed by atoms with Crippen LogP contribution in [0.1, 0.15) is 54.9 Å². The molecule has 2 heterocycles. The molecule has 2 aliphatic heterocycles. The molecule has 3 rings (SSSR count). The van der Waals surface area contributed by atoms with Gasteiger partial charge in [-0.25, -0.2) is 13.6 Å². The van der Waals surface area contributed by atoms with Crippen LogP contribution < -0.4 is 0 Å². The van der Waals surface area contributed by atoms with Gasteiger partial charge in [0.25, 0.3) is 5.92 Å². The highest BCUT2D eigenvalue weighted by Crippen LogP contribution is 2.77. The first-order valence-corrected chi connectivity index (χ1v) is 8.85. The van der Waals surface area contributed by atoms with E-state index in [1.165, 1.54) is 4.90 Å². The number of halogens is 2. The van der Waals surface area contributed by atoms with Crippen LogP contribution in [0.2, 0.25) is 5.31 Å². The summed E-state index contributed by atoms with van der Waals surface area (Å²) in [6, 6.07) is 0. The number of nitrogens with zero attached hydrogens (tertiary/aromatic N) is 1. The minimum absolute atomic E-state index is 0.115. The number of likely N-dealkylation sites (tertiary alicyclic amines) is 1. The Hall–Kier alpha value is -0.885. The van der Waals surface area contributed by atoms with Crippen molar-refractivity contribution in [1.82, 2.24) is 4.90 Å². The molecule has 0 N–H and O–H groups in total. The summed E-state index contributed by atoms with van der Waals surface area (Å²) in [5.74, 6) is -3.74. The van der Waals surface area contributed by atoms with Crippen LogP contribution in [0, 0.1) is 5.92 Å². The van der Waals surface area contributed by atoms with Gasteiger partial charge >= 0.3 is 13.2 Å². The highest BCUT2D eigenvalue weighted by Gasteiger charge is 2.88. The molecule has 1 amide bonds. The summed E-state index contributed by atoms with van der Waals surface area (Å²) in [6.45, 7) is 12.8. The molecule has 0 aromatic carbocycles. The second-order valence-electron chi connectivity index (χ2n) is 9.49. The Kier molecular flexibility index (Phi) is 3.85. The Morgan fingerprint density at radius 3 is 2.16 bits per heavy atom. The molecular weight excluding hydrogens is 331 g/mol. The lowest BCUT2D eigenvalue weighted by Gasteiger charge is -2.34. The van der Waals surface area contributed by atoms with Crippen LogP contribution in [0.5, 0.6) is 0 Å². The average molecular weight is 359 g/mol. The smallest absolute Gasteiger partial charge is 0.444 e. The van der Waals surface area contributed by atoms with Crippen molar-refractivity contribution in [3.05, 3.63) is 0 Å². The zero-order valence-electron chi connectivity index (χ0n) is 16.1. The van der Waals surface area contributed by atoms with Gasteiger partial charge in [-0.15, -0.1) is 0 Å².